The minimum Gasteiger partial charge on any atom is -0.486 e. The van der Waals surface area contributed by atoms with Crippen LogP contribution in [0.1, 0.15) is 29.3 Å². The first-order valence-corrected chi connectivity index (χ1v) is 14.2. The predicted molar refractivity (Wildman–Crippen MR) is 131 cm³/mol. The lowest BCUT2D eigenvalue weighted by atomic mass is 9.89. The van der Waals surface area contributed by atoms with Gasteiger partial charge in [-0.1, -0.05) is 6.92 Å². The molecule has 2 aliphatic heterocycles. The largest absolute Gasteiger partial charge is 0.486 e. The first kappa shape index (κ1) is 24.1. The lowest BCUT2D eigenvalue weighted by molar-refractivity contribution is -0.895. The average molecular weight is 518 g/mol. The highest BCUT2D eigenvalue weighted by Crippen LogP contribution is 2.39. The van der Waals surface area contributed by atoms with E-state index in [-0.39, 0.29) is 17.3 Å². The number of hydrogen-bond donors (Lipinski definition) is 2. The van der Waals surface area contributed by atoms with Crippen molar-refractivity contribution in [1.29, 1.82) is 5.26 Å². The molecule has 0 radical (unpaired) electrons. The number of hydrogen-bond acceptors (Lipinski definition) is 7. The van der Waals surface area contributed by atoms with E-state index in [1.165, 1.54) is 26.6 Å². The van der Waals surface area contributed by atoms with Gasteiger partial charge in [0.2, 0.25) is 10.0 Å². The molecule has 1 fully saturated rings. The summed E-state index contributed by atoms with van der Waals surface area (Å²) in [5.74, 6) is 1.44. The third-order valence-electron chi connectivity index (χ3n) is 6.87. The second-order valence-corrected chi connectivity index (χ2v) is 12.4. The molecule has 3 aliphatic rings. The van der Waals surface area contributed by atoms with E-state index in [9.17, 15) is 18.5 Å². The predicted octanol–water partition coefficient (Wildman–Crippen LogP) is 1.04. The Labute approximate surface area is 209 Å². The van der Waals surface area contributed by atoms with Gasteiger partial charge in [0.05, 0.1) is 36.6 Å². The molecule has 35 heavy (non-hydrogen) atoms. The van der Waals surface area contributed by atoms with Crippen molar-refractivity contribution < 1.29 is 27.6 Å². The Kier molecular flexibility index (Phi) is 6.72. The SMILES string of the molecule is C[C@@H]1CCc2c(sc(NC(=O)C[NH+]3CCN(S(=O)(=O)c4ccc5c(c4)OCCO5)CC3)c2C#N)C1. The lowest BCUT2D eigenvalue weighted by Crippen LogP contribution is -3.15. The maximum absolute atomic E-state index is 13.1. The van der Waals surface area contributed by atoms with E-state index in [1.807, 2.05) is 0 Å². The molecule has 1 aromatic carbocycles. The van der Waals surface area contributed by atoms with Crippen molar-refractivity contribution in [1.82, 2.24) is 4.31 Å². The number of carbonyl (C=O) groups excluding carboxylic acids is 1. The standard InChI is InChI=1S/C24H28N4O5S2/c1-16-2-4-18-19(14-25)24(34-22(18)12-16)26-23(29)15-27-6-8-28(9-7-27)35(30,31)17-3-5-20-21(13-17)33-11-10-32-20/h3,5,13,16H,2,4,6-12,15H2,1H3,(H,26,29)/p+1/t16-/m1/s1. The minimum absolute atomic E-state index is 0.147. The van der Waals surface area contributed by atoms with Gasteiger partial charge >= 0.3 is 0 Å². The maximum atomic E-state index is 13.1. The fourth-order valence-corrected chi connectivity index (χ4v) is 7.74. The van der Waals surface area contributed by atoms with Crippen molar-refractivity contribution in [2.45, 2.75) is 31.1 Å². The number of quaternary nitrogens is 1. The Hall–Kier alpha value is -2.65. The van der Waals surface area contributed by atoms with Crippen molar-refractivity contribution in [2.75, 3.05) is 51.3 Å². The van der Waals surface area contributed by atoms with Gasteiger partial charge in [-0.25, -0.2) is 8.42 Å². The van der Waals surface area contributed by atoms with Gasteiger partial charge in [-0.2, -0.15) is 9.57 Å². The van der Waals surface area contributed by atoms with Gasteiger partial charge in [-0.3, -0.25) is 4.79 Å². The molecule has 1 amide bonds. The van der Waals surface area contributed by atoms with Gasteiger partial charge in [0.15, 0.2) is 18.0 Å². The summed E-state index contributed by atoms with van der Waals surface area (Å²) >= 11 is 1.52. The van der Waals surface area contributed by atoms with Crippen LogP contribution in [0.2, 0.25) is 0 Å². The summed E-state index contributed by atoms with van der Waals surface area (Å²) < 4.78 is 38.8. The highest BCUT2D eigenvalue weighted by molar-refractivity contribution is 7.89. The van der Waals surface area contributed by atoms with Crippen molar-refractivity contribution in [3.63, 3.8) is 0 Å². The monoisotopic (exact) mass is 517 g/mol. The Morgan fingerprint density at radius 2 is 2.00 bits per heavy atom. The van der Waals surface area contributed by atoms with Gasteiger partial charge < -0.3 is 19.7 Å². The van der Waals surface area contributed by atoms with Crippen LogP contribution in [-0.4, -0.2) is 64.6 Å². The van der Waals surface area contributed by atoms with Crippen molar-refractivity contribution in [3.8, 4) is 17.6 Å². The molecule has 2 N–H and O–H groups in total. The smallest absolute Gasteiger partial charge is 0.280 e. The number of piperazine rings is 1. The van der Waals surface area contributed by atoms with E-state index < -0.39 is 10.0 Å². The molecule has 3 heterocycles. The Morgan fingerprint density at radius 3 is 2.74 bits per heavy atom. The number of fused-ring (bicyclic) bond motifs is 2. The second-order valence-electron chi connectivity index (χ2n) is 9.35. The number of anilines is 1. The molecule has 5 rings (SSSR count). The topological polar surface area (TPSA) is 113 Å². The molecule has 9 nitrogen and oxygen atoms in total. The van der Waals surface area contributed by atoms with E-state index in [2.05, 4.69) is 18.3 Å². The molecular formula is C24H29N4O5S2+. The molecule has 0 unspecified atom stereocenters. The van der Waals surface area contributed by atoms with Crippen molar-refractivity contribution >= 4 is 32.3 Å². The Bertz CT molecular complexity index is 1280. The van der Waals surface area contributed by atoms with Crippen LogP contribution in [0.25, 0.3) is 0 Å². The zero-order valence-electron chi connectivity index (χ0n) is 19.6. The van der Waals surface area contributed by atoms with Crippen LogP contribution in [0.4, 0.5) is 5.00 Å². The lowest BCUT2D eigenvalue weighted by Gasteiger charge is -2.31. The summed E-state index contributed by atoms with van der Waals surface area (Å²) in [4.78, 5) is 15.2. The van der Waals surface area contributed by atoms with Crippen LogP contribution in [0, 0.1) is 17.2 Å². The van der Waals surface area contributed by atoms with E-state index in [4.69, 9.17) is 9.47 Å². The summed E-state index contributed by atoms with van der Waals surface area (Å²) in [6.07, 6.45) is 2.90. The molecule has 0 bridgehead atoms. The molecule has 1 saturated heterocycles. The molecule has 2 aromatic rings. The number of ether oxygens (including phenoxy) is 2. The second kappa shape index (κ2) is 9.78. The molecule has 0 spiro atoms. The van der Waals surface area contributed by atoms with Crippen LogP contribution < -0.4 is 19.7 Å². The van der Waals surface area contributed by atoms with Gasteiger partial charge in [-0.15, -0.1) is 11.3 Å². The number of nitrogens with one attached hydrogen (secondary N) is 2. The first-order valence-electron chi connectivity index (χ1n) is 11.9. The van der Waals surface area contributed by atoms with E-state index in [1.54, 1.807) is 12.1 Å². The van der Waals surface area contributed by atoms with E-state index >= 15 is 0 Å². The minimum atomic E-state index is -3.66. The number of amides is 1. The summed E-state index contributed by atoms with van der Waals surface area (Å²) in [7, 11) is -3.66. The number of nitrogens with zero attached hydrogens (tertiary/aromatic N) is 2. The normalized spacial score (nSPS) is 20.6. The first-order chi connectivity index (χ1) is 16.8. The average Bonchev–Trinajstić information content (AvgIpc) is 3.19. The van der Waals surface area contributed by atoms with Crippen LogP contribution in [0.3, 0.4) is 0 Å². The van der Waals surface area contributed by atoms with Gasteiger partial charge in [0.1, 0.15) is 24.3 Å². The number of benzene rings is 1. The summed E-state index contributed by atoms with van der Waals surface area (Å²) in [5, 5.41) is 13.3. The number of carbonyl (C=O) groups is 1. The highest BCUT2D eigenvalue weighted by Gasteiger charge is 2.32. The molecule has 1 aromatic heterocycles. The molecular weight excluding hydrogens is 488 g/mol. The number of thiophene rings is 1. The summed E-state index contributed by atoms with van der Waals surface area (Å²) in [6, 6.07) is 6.98. The fraction of sp³-hybridized carbons (Fsp3) is 0.500. The van der Waals surface area contributed by atoms with Crippen LogP contribution in [0.5, 0.6) is 11.5 Å². The van der Waals surface area contributed by atoms with Crippen LogP contribution >= 0.6 is 11.3 Å². The third-order valence-corrected chi connectivity index (χ3v) is 9.93. The maximum Gasteiger partial charge on any atom is 0.280 e. The van der Waals surface area contributed by atoms with E-state index in [0.717, 1.165) is 29.7 Å². The number of rotatable bonds is 5. The number of sulfonamides is 1. The molecule has 0 saturated carbocycles. The zero-order chi connectivity index (χ0) is 24.6. The number of nitriles is 1. The van der Waals surface area contributed by atoms with Crippen LogP contribution in [-0.2, 0) is 27.7 Å². The van der Waals surface area contributed by atoms with Gasteiger partial charge in [0.25, 0.3) is 5.91 Å². The van der Waals surface area contributed by atoms with Gasteiger partial charge in [0, 0.05) is 10.9 Å². The fourth-order valence-electron chi connectivity index (χ4n) is 4.91. The summed E-state index contributed by atoms with van der Waals surface area (Å²) in [6.45, 7) is 5.00. The molecule has 1 aliphatic carbocycles. The highest BCUT2D eigenvalue weighted by atomic mass is 32.2. The van der Waals surface area contributed by atoms with Crippen molar-refractivity contribution in [2.24, 2.45) is 5.92 Å². The Morgan fingerprint density at radius 1 is 1.26 bits per heavy atom. The molecule has 1 atom stereocenters. The Balaban J connectivity index is 1.18. The zero-order valence-corrected chi connectivity index (χ0v) is 21.3. The summed E-state index contributed by atoms with van der Waals surface area (Å²) in [5.41, 5.74) is 1.70. The quantitative estimate of drug-likeness (QED) is 0.613. The van der Waals surface area contributed by atoms with Gasteiger partial charge in [-0.05, 0) is 42.9 Å². The molecule has 11 heteroatoms. The van der Waals surface area contributed by atoms with Crippen molar-refractivity contribution in [3.05, 3.63) is 34.2 Å². The van der Waals surface area contributed by atoms with Crippen LogP contribution in [0.15, 0.2) is 23.1 Å². The molecule has 186 valence electrons. The van der Waals surface area contributed by atoms with E-state index in [0.29, 0.717) is 67.4 Å². The third kappa shape index (κ3) is 4.89.